The Morgan fingerprint density at radius 2 is 1.97 bits per heavy atom. The minimum Gasteiger partial charge on any atom is -0.495 e. The van der Waals surface area contributed by atoms with Crippen LogP contribution in [0.4, 0.5) is 11.4 Å². The summed E-state index contributed by atoms with van der Waals surface area (Å²) in [5.41, 5.74) is 3.36. The van der Waals surface area contributed by atoms with E-state index in [1.54, 1.807) is 12.0 Å². The third-order valence-corrected chi connectivity index (χ3v) is 5.74. The molecule has 1 saturated heterocycles. The molecule has 8 heteroatoms. The van der Waals surface area contributed by atoms with Gasteiger partial charge in [0.05, 0.1) is 18.7 Å². The van der Waals surface area contributed by atoms with E-state index < -0.39 is 5.92 Å². The minimum atomic E-state index is -0.465. The van der Waals surface area contributed by atoms with Crippen LogP contribution >= 0.6 is 15.9 Å². The maximum Gasteiger partial charge on any atom is 0.227 e. The number of nitrogens with zero attached hydrogens (tertiary/aromatic N) is 1. The number of benzene rings is 2. The number of amides is 3. The molecule has 1 heterocycles. The number of carbonyl (C=O) groups is 3. The monoisotopic (exact) mass is 487 g/mol. The van der Waals surface area contributed by atoms with Crippen molar-refractivity contribution in [3.63, 3.8) is 0 Å². The Kier molecular flexibility index (Phi) is 7.33. The van der Waals surface area contributed by atoms with Gasteiger partial charge in [-0.05, 0) is 49.2 Å². The highest BCUT2D eigenvalue weighted by molar-refractivity contribution is 9.10. The topological polar surface area (TPSA) is 87.7 Å². The van der Waals surface area contributed by atoms with Gasteiger partial charge in [0.15, 0.2) is 0 Å². The SMILES string of the molecule is COc1ccc(C)cc1N1CC(C(=O)NCCC(=O)Nc2cc(Br)ccc2C)CC1=O. The molecular weight excluding hydrogens is 462 g/mol. The standard InChI is InChI=1S/C23H26BrN3O4/c1-14-4-7-20(31-3)19(10-14)27-13-16(11-22(27)29)23(30)25-9-8-21(28)26-18-12-17(24)6-5-15(18)2/h4-7,10,12,16H,8-9,11,13H2,1-3H3,(H,25,30)(H,26,28). The zero-order valence-electron chi connectivity index (χ0n) is 17.8. The van der Waals surface area contributed by atoms with E-state index >= 15 is 0 Å². The molecule has 1 aliphatic rings. The predicted octanol–water partition coefficient (Wildman–Crippen LogP) is 3.57. The Labute approximate surface area is 190 Å². The van der Waals surface area contributed by atoms with Crippen molar-refractivity contribution in [3.05, 3.63) is 52.0 Å². The van der Waals surface area contributed by atoms with Crippen LogP contribution in [0.5, 0.6) is 5.75 Å². The Hall–Kier alpha value is -2.87. The van der Waals surface area contributed by atoms with Crippen molar-refractivity contribution in [1.82, 2.24) is 5.32 Å². The number of methoxy groups -OCH3 is 1. The molecule has 0 spiro atoms. The second-order valence-electron chi connectivity index (χ2n) is 7.63. The number of aryl methyl sites for hydroxylation is 2. The molecule has 3 rings (SSSR count). The first-order valence-electron chi connectivity index (χ1n) is 10.1. The summed E-state index contributed by atoms with van der Waals surface area (Å²) in [6, 6.07) is 11.3. The first-order valence-corrected chi connectivity index (χ1v) is 10.9. The van der Waals surface area contributed by atoms with E-state index in [1.165, 1.54) is 0 Å². The highest BCUT2D eigenvalue weighted by Gasteiger charge is 2.36. The lowest BCUT2D eigenvalue weighted by molar-refractivity contribution is -0.126. The summed E-state index contributed by atoms with van der Waals surface area (Å²) in [6.45, 7) is 4.34. The van der Waals surface area contributed by atoms with Gasteiger partial charge in [-0.3, -0.25) is 14.4 Å². The summed E-state index contributed by atoms with van der Waals surface area (Å²) in [5, 5.41) is 5.63. The molecule has 0 radical (unpaired) electrons. The zero-order chi connectivity index (χ0) is 22.5. The van der Waals surface area contributed by atoms with Crippen molar-refractivity contribution in [1.29, 1.82) is 0 Å². The average Bonchev–Trinajstić information content (AvgIpc) is 3.12. The van der Waals surface area contributed by atoms with Gasteiger partial charge in [0.1, 0.15) is 5.75 Å². The van der Waals surface area contributed by atoms with Crippen molar-refractivity contribution in [2.45, 2.75) is 26.7 Å². The lowest BCUT2D eigenvalue weighted by Gasteiger charge is -2.20. The lowest BCUT2D eigenvalue weighted by Crippen LogP contribution is -2.34. The summed E-state index contributed by atoms with van der Waals surface area (Å²) >= 11 is 3.39. The number of hydrogen-bond donors (Lipinski definition) is 2. The molecule has 2 N–H and O–H groups in total. The number of rotatable bonds is 7. The Balaban J connectivity index is 1.52. The predicted molar refractivity (Wildman–Crippen MR) is 123 cm³/mol. The third kappa shape index (κ3) is 5.64. The zero-order valence-corrected chi connectivity index (χ0v) is 19.4. The Bertz CT molecular complexity index is 1010. The van der Waals surface area contributed by atoms with Gasteiger partial charge in [-0.15, -0.1) is 0 Å². The highest BCUT2D eigenvalue weighted by Crippen LogP contribution is 2.34. The average molecular weight is 488 g/mol. The Morgan fingerprint density at radius 3 is 2.71 bits per heavy atom. The second-order valence-corrected chi connectivity index (χ2v) is 8.54. The molecule has 3 amide bonds. The van der Waals surface area contributed by atoms with Crippen LogP contribution in [0.25, 0.3) is 0 Å². The van der Waals surface area contributed by atoms with Crippen molar-refractivity contribution >= 4 is 45.0 Å². The number of anilines is 2. The van der Waals surface area contributed by atoms with Gasteiger partial charge < -0.3 is 20.3 Å². The summed E-state index contributed by atoms with van der Waals surface area (Å²) < 4.78 is 6.25. The molecule has 2 aromatic carbocycles. The lowest BCUT2D eigenvalue weighted by atomic mass is 10.1. The quantitative estimate of drug-likeness (QED) is 0.624. The van der Waals surface area contributed by atoms with Crippen LogP contribution < -0.4 is 20.3 Å². The molecule has 0 aliphatic carbocycles. The van der Waals surface area contributed by atoms with Gasteiger partial charge >= 0.3 is 0 Å². The molecule has 0 bridgehead atoms. The third-order valence-electron chi connectivity index (χ3n) is 5.25. The fourth-order valence-electron chi connectivity index (χ4n) is 3.51. The number of carbonyl (C=O) groups excluding carboxylic acids is 3. The molecule has 7 nitrogen and oxygen atoms in total. The first-order chi connectivity index (χ1) is 14.8. The minimum absolute atomic E-state index is 0.119. The van der Waals surface area contributed by atoms with Crippen LogP contribution in [-0.2, 0) is 14.4 Å². The molecule has 2 aromatic rings. The summed E-state index contributed by atoms with van der Waals surface area (Å²) in [6.07, 6.45) is 0.278. The van der Waals surface area contributed by atoms with E-state index in [4.69, 9.17) is 4.74 Å². The van der Waals surface area contributed by atoms with E-state index in [0.717, 1.165) is 21.3 Å². The maximum atomic E-state index is 12.6. The van der Waals surface area contributed by atoms with Crippen LogP contribution in [0.15, 0.2) is 40.9 Å². The van der Waals surface area contributed by atoms with Gasteiger partial charge in [-0.1, -0.05) is 28.1 Å². The summed E-state index contributed by atoms with van der Waals surface area (Å²) in [7, 11) is 1.56. The van der Waals surface area contributed by atoms with Gasteiger partial charge in [-0.25, -0.2) is 0 Å². The fraction of sp³-hybridized carbons (Fsp3) is 0.348. The Morgan fingerprint density at radius 1 is 1.19 bits per heavy atom. The number of hydrogen-bond acceptors (Lipinski definition) is 4. The van der Waals surface area contributed by atoms with Crippen LogP contribution in [0, 0.1) is 19.8 Å². The van der Waals surface area contributed by atoms with Crippen LogP contribution in [-0.4, -0.2) is 37.9 Å². The molecule has 1 unspecified atom stereocenters. The first kappa shape index (κ1) is 22.8. The molecule has 31 heavy (non-hydrogen) atoms. The van der Waals surface area contributed by atoms with Crippen LogP contribution in [0.1, 0.15) is 24.0 Å². The van der Waals surface area contributed by atoms with Gasteiger partial charge in [0, 0.05) is 36.1 Å². The largest absolute Gasteiger partial charge is 0.495 e. The van der Waals surface area contributed by atoms with Crippen molar-refractivity contribution in [2.75, 3.05) is 30.4 Å². The van der Waals surface area contributed by atoms with Gasteiger partial charge in [0.2, 0.25) is 17.7 Å². The molecule has 0 saturated carbocycles. The number of halogens is 1. The second kappa shape index (κ2) is 9.96. The molecular formula is C23H26BrN3O4. The van der Waals surface area contributed by atoms with E-state index in [-0.39, 0.29) is 43.7 Å². The summed E-state index contributed by atoms with van der Waals surface area (Å²) in [4.78, 5) is 38.9. The molecule has 1 atom stereocenters. The highest BCUT2D eigenvalue weighted by atomic mass is 79.9. The van der Waals surface area contributed by atoms with E-state index in [9.17, 15) is 14.4 Å². The van der Waals surface area contributed by atoms with Gasteiger partial charge in [0.25, 0.3) is 0 Å². The van der Waals surface area contributed by atoms with Crippen LogP contribution in [0.2, 0.25) is 0 Å². The van der Waals surface area contributed by atoms with Crippen molar-refractivity contribution in [2.24, 2.45) is 5.92 Å². The molecule has 164 valence electrons. The smallest absolute Gasteiger partial charge is 0.227 e. The van der Waals surface area contributed by atoms with Gasteiger partial charge in [-0.2, -0.15) is 0 Å². The normalized spacial score (nSPS) is 15.7. The summed E-state index contributed by atoms with van der Waals surface area (Å²) in [5.74, 6) is -0.399. The van der Waals surface area contributed by atoms with E-state index in [0.29, 0.717) is 11.4 Å². The van der Waals surface area contributed by atoms with Crippen LogP contribution in [0.3, 0.4) is 0 Å². The van der Waals surface area contributed by atoms with Crippen molar-refractivity contribution in [3.8, 4) is 5.75 Å². The molecule has 0 aromatic heterocycles. The fourth-order valence-corrected chi connectivity index (χ4v) is 3.87. The number of nitrogens with one attached hydrogen (secondary N) is 2. The van der Waals surface area contributed by atoms with E-state index in [2.05, 4.69) is 26.6 Å². The van der Waals surface area contributed by atoms with Crippen molar-refractivity contribution < 1.29 is 19.1 Å². The maximum absolute atomic E-state index is 12.6. The molecule has 1 aliphatic heterocycles. The molecule has 1 fully saturated rings. The van der Waals surface area contributed by atoms with E-state index in [1.807, 2.05) is 50.2 Å². The number of ether oxygens (including phenoxy) is 1.